The Hall–Kier alpha value is -0.180. The molecule has 0 aliphatic heterocycles. The Morgan fingerprint density at radius 2 is 2.27 bits per heavy atom. The van der Waals surface area contributed by atoms with Gasteiger partial charge in [0, 0.05) is 10.4 Å². The van der Waals surface area contributed by atoms with Gasteiger partial charge in [-0.15, -0.1) is 11.6 Å². The van der Waals surface area contributed by atoms with Gasteiger partial charge in [-0.05, 0) is 17.7 Å². The summed E-state index contributed by atoms with van der Waals surface area (Å²) < 4.78 is 0. The highest BCUT2D eigenvalue weighted by Crippen LogP contribution is 2.19. The standard InChI is InChI=1S/C7H4Cl2OS/c8-6-4(7(9)10)2-1-3-5(6)11/h1-3,6H. The summed E-state index contributed by atoms with van der Waals surface area (Å²) in [5, 5.41) is -1.09. The monoisotopic (exact) mass is 206 g/mol. The molecule has 0 saturated heterocycles. The predicted molar refractivity (Wildman–Crippen MR) is 50.3 cm³/mol. The van der Waals surface area contributed by atoms with Gasteiger partial charge in [-0.25, -0.2) is 0 Å². The van der Waals surface area contributed by atoms with Crippen LogP contribution < -0.4 is 0 Å². The molecule has 0 N–H and O–H groups in total. The van der Waals surface area contributed by atoms with Crippen LogP contribution in [-0.4, -0.2) is 15.5 Å². The summed E-state index contributed by atoms with van der Waals surface area (Å²) in [5.74, 6) is 0. The zero-order chi connectivity index (χ0) is 8.43. The van der Waals surface area contributed by atoms with Crippen LogP contribution in [0.4, 0.5) is 0 Å². The summed E-state index contributed by atoms with van der Waals surface area (Å²) in [5.41, 5.74) is 0.348. The molecule has 0 spiro atoms. The van der Waals surface area contributed by atoms with E-state index in [2.05, 4.69) is 0 Å². The number of carbonyl (C=O) groups excluding carboxylic acids is 1. The second kappa shape index (κ2) is 3.48. The Bertz CT molecular complexity index is 268. The predicted octanol–water partition coefficient (Wildman–Crippen LogP) is 2.23. The van der Waals surface area contributed by atoms with E-state index in [0.29, 0.717) is 10.4 Å². The fourth-order valence-corrected chi connectivity index (χ4v) is 1.41. The maximum atomic E-state index is 10.7. The lowest BCUT2D eigenvalue weighted by atomic mass is 10.1. The maximum absolute atomic E-state index is 10.7. The molecule has 0 fully saturated rings. The van der Waals surface area contributed by atoms with E-state index in [0.717, 1.165) is 0 Å². The van der Waals surface area contributed by atoms with Crippen molar-refractivity contribution in [1.82, 2.24) is 0 Å². The molecule has 1 aliphatic rings. The molecule has 0 aromatic heterocycles. The van der Waals surface area contributed by atoms with Crippen molar-refractivity contribution in [2.75, 3.05) is 0 Å². The summed E-state index contributed by atoms with van der Waals surface area (Å²) in [6.45, 7) is 0. The molecule has 0 bridgehead atoms. The average Bonchev–Trinajstić information content (AvgIpc) is 1.94. The van der Waals surface area contributed by atoms with Crippen molar-refractivity contribution in [2.24, 2.45) is 0 Å². The molecule has 1 atom stereocenters. The summed E-state index contributed by atoms with van der Waals surface area (Å²) in [6, 6.07) is 0. The van der Waals surface area contributed by atoms with Crippen molar-refractivity contribution in [3.05, 3.63) is 23.8 Å². The molecule has 0 saturated carbocycles. The molecule has 58 valence electrons. The molecule has 1 rings (SSSR count). The number of thiocarbonyl (C=S) groups is 1. The number of rotatable bonds is 1. The van der Waals surface area contributed by atoms with E-state index in [4.69, 9.17) is 35.4 Å². The first kappa shape index (κ1) is 8.91. The van der Waals surface area contributed by atoms with Gasteiger partial charge in [-0.2, -0.15) is 0 Å². The summed E-state index contributed by atoms with van der Waals surface area (Å²) in [6.07, 6.45) is 4.91. The summed E-state index contributed by atoms with van der Waals surface area (Å²) in [4.78, 5) is 11.2. The number of hydrogen-bond donors (Lipinski definition) is 0. The molecular weight excluding hydrogens is 203 g/mol. The molecule has 1 nitrogen and oxygen atoms in total. The molecule has 11 heavy (non-hydrogen) atoms. The second-order valence-corrected chi connectivity index (χ2v) is 3.27. The first-order chi connectivity index (χ1) is 5.13. The van der Waals surface area contributed by atoms with Crippen LogP contribution in [0.5, 0.6) is 0 Å². The minimum atomic E-state index is -0.545. The Kier molecular flexibility index (Phi) is 2.82. The molecule has 0 heterocycles. The van der Waals surface area contributed by atoms with E-state index >= 15 is 0 Å². The van der Waals surface area contributed by atoms with Crippen LogP contribution >= 0.6 is 35.4 Å². The van der Waals surface area contributed by atoms with Crippen molar-refractivity contribution >= 4 is 45.5 Å². The van der Waals surface area contributed by atoms with Gasteiger partial charge >= 0.3 is 0 Å². The van der Waals surface area contributed by atoms with Crippen molar-refractivity contribution in [2.45, 2.75) is 5.38 Å². The number of carbonyl (C=O) groups is 1. The number of hydrogen-bond acceptors (Lipinski definition) is 2. The first-order valence-electron chi connectivity index (χ1n) is 2.89. The van der Waals surface area contributed by atoms with E-state index in [1.165, 1.54) is 0 Å². The highest BCUT2D eigenvalue weighted by Gasteiger charge is 2.21. The fourth-order valence-electron chi connectivity index (χ4n) is 0.734. The minimum Gasteiger partial charge on any atom is -0.276 e. The number of alkyl halides is 1. The quantitative estimate of drug-likeness (QED) is 0.372. The maximum Gasteiger partial charge on any atom is 0.250 e. The Labute approximate surface area is 79.7 Å². The molecule has 0 radical (unpaired) electrons. The van der Waals surface area contributed by atoms with Gasteiger partial charge in [0.05, 0.1) is 5.38 Å². The molecule has 0 aromatic carbocycles. The lowest BCUT2D eigenvalue weighted by Gasteiger charge is -2.11. The molecule has 4 heteroatoms. The third-order valence-electron chi connectivity index (χ3n) is 1.29. The van der Waals surface area contributed by atoms with Crippen molar-refractivity contribution in [1.29, 1.82) is 0 Å². The highest BCUT2D eigenvalue weighted by molar-refractivity contribution is 7.81. The first-order valence-corrected chi connectivity index (χ1v) is 4.11. The zero-order valence-corrected chi connectivity index (χ0v) is 7.71. The average molecular weight is 207 g/mol. The van der Waals surface area contributed by atoms with E-state index in [1.54, 1.807) is 18.2 Å². The number of halogens is 2. The normalized spacial score (nSPS) is 23.3. The lowest BCUT2D eigenvalue weighted by Crippen LogP contribution is -2.18. The minimum absolute atomic E-state index is 0.348. The van der Waals surface area contributed by atoms with Gasteiger partial charge in [0.15, 0.2) is 0 Å². The van der Waals surface area contributed by atoms with Gasteiger partial charge < -0.3 is 0 Å². The molecule has 0 aromatic rings. The van der Waals surface area contributed by atoms with Gasteiger partial charge in [0.25, 0.3) is 0 Å². The van der Waals surface area contributed by atoms with Crippen LogP contribution in [0, 0.1) is 0 Å². The van der Waals surface area contributed by atoms with Crippen LogP contribution in [0.1, 0.15) is 0 Å². The smallest absolute Gasteiger partial charge is 0.250 e. The van der Waals surface area contributed by atoms with Gasteiger partial charge in [0.1, 0.15) is 0 Å². The van der Waals surface area contributed by atoms with E-state index < -0.39 is 10.6 Å². The van der Waals surface area contributed by atoms with E-state index in [1.807, 2.05) is 0 Å². The second-order valence-electron chi connectivity index (χ2n) is 2.02. The third kappa shape index (κ3) is 1.89. The van der Waals surface area contributed by atoms with Crippen LogP contribution in [-0.2, 0) is 4.79 Å². The van der Waals surface area contributed by atoms with E-state index in [9.17, 15) is 4.79 Å². The van der Waals surface area contributed by atoms with Gasteiger partial charge in [-0.3, -0.25) is 4.79 Å². The Morgan fingerprint density at radius 3 is 2.73 bits per heavy atom. The van der Waals surface area contributed by atoms with Crippen LogP contribution in [0.25, 0.3) is 0 Å². The Morgan fingerprint density at radius 1 is 1.64 bits per heavy atom. The highest BCUT2D eigenvalue weighted by atomic mass is 35.5. The number of allylic oxidation sites excluding steroid dienone is 4. The van der Waals surface area contributed by atoms with Gasteiger partial charge in [-0.1, -0.05) is 24.4 Å². The van der Waals surface area contributed by atoms with Crippen molar-refractivity contribution in [3.8, 4) is 0 Å². The fraction of sp³-hybridized carbons (Fsp3) is 0.143. The van der Waals surface area contributed by atoms with Crippen molar-refractivity contribution < 1.29 is 4.79 Å². The summed E-state index contributed by atoms with van der Waals surface area (Å²) >= 11 is 15.8. The van der Waals surface area contributed by atoms with Crippen molar-refractivity contribution in [3.63, 3.8) is 0 Å². The SMILES string of the molecule is O=C(Cl)C1=CC=CC(=S)C1Cl. The molecular formula is C7H4Cl2OS. The molecule has 0 amide bonds. The molecule has 1 unspecified atom stereocenters. The topological polar surface area (TPSA) is 17.1 Å². The van der Waals surface area contributed by atoms with E-state index in [-0.39, 0.29) is 0 Å². The lowest BCUT2D eigenvalue weighted by molar-refractivity contribution is -0.108. The largest absolute Gasteiger partial charge is 0.276 e. The van der Waals surface area contributed by atoms with Crippen LogP contribution in [0.15, 0.2) is 23.8 Å². The zero-order valence-electron chi connectivity index (χ0n) is 5.38. The Balaban J connectivity index is 2.96. The van der Waals surface area contributed by atoms with Gasteiger partial charge in [0.2, 0.25) is 5.24 Å². The third-order valence-corrected chi connectivity index (χ3v) is 2.48. The summed E-state index contributed by atoms with van der Waals surface area (Å²) in [7, 11) is 0. The van der Waals surface area contributed by atoms with Crippen LogP contribution in [0.3, 0.4) is 0 Å². The molecule has 1 aliphatic carbocycles. The van der Waals surface area contributed by atoms with Crippen LogP contribution in [0.2, 0.25) is 0 Å².